The van der Waals surface area contributed by atoms with Crippen LogP contribution in [0.2, 0.25) is 0 Å². The number of ketones is 1. The second-order valence-electron chi connectivity index (χ2n) is 11.9. The van der Waals surface area contributed by atoms with E-state index in [1.165, 1.54) is 39.6 Å². The quantitative estimate of drug-likeness (QED) is 0.0597. The van der Waals surface area contributed by atoms with E-state index in [0.29, 0.717) is 37.4 Å². The van der Waals surface area contributed by atoms with Crippen molar-refractivity contribution in [3.63, 3.8) is 0 Å². The molecule has 0 heterocycles. The van der Waals surface area contributed by atoms with Crippen molar-refractivity contribution < 1.29 is 43.6 Å². The highest BCUT2D eigenvalue weighted by Crippen LogP contribution is 2.23. The van der Waals surface area contributed by atoms with Gasteiger partial charge in [-0.2, -0.15) is 0 Å². The van der Waals surface area contributed by atoms with Crippen molar-refractivity contribution in [2.24, 2.45) is 5.92 Å². The van der Waals surface area contributed by atoms with Gasteiger partial charge in [0.2, 0.25) is 5.91 Å². The first kappa shape index (κ1) is 40.8. The average molecular weight is 648 g/mol. The summed E-state index contributed by atoms with van der Waals surface area (Å²) in [5.41, 5.74) is -1.84. The first-order valence-corrected chi connectivity index (χ1v) is 16.9. The SMILES string of the molecule is CCCCCCCC(=O)CCCCCCC=C[C@H](C(=O)N[C@@H](Cc1ccc(OCCCC)cc1)C(=O)OC)[C@@](O)(COC)C(=O)O. The van der Waals surface area contributed by atoms with Crippen molar-refractivity contribution in [1.82, 2.24) is 5.32 Å². The lowest BCUT2D eigenvalue weighted by Gasteiger charge is -2.30. The second-order valence-corrected chi connectivity index (χ2v) is 11.9. The van der Waals surface area contributed by atoms with E-state index in [9.17, 15) is 29.4 Å². The molecule has 0 saturated carbocycles. The number of amides is 1. The molecule has 1 amide bonds. The first-order valence-electron chi connectivity index (χ1n) is 16.9. The van der Waals surface area contributed by atoms with Gasteiger partial charge < -0.3 is 29.7 Å². The summed E-state index contributed by atoms with van der Waals surface area (Å²) in [5, 5.41) is 23.5. The molecule has 0 spiro atoms. The third-order valence-electron chi connectivity index (χ3n) is 7.93. The summed E-state index contributed by atoms with van der Waals surface area (Å²) in [6.07, 6.45) is 15.9. The van der Waals surface area contributed by atoms with Gasteiger partial charge in [-0.15, -0.1) is 0 Å². The van der Waals surface area contributed by atoms with Crippen LogP contribution in [-0.4, -0.2) is 72.9 Å². The zero-order valence-corrected chi connectivity index (χ0v) is 28.4. The number of aliphatic carboxylic acids is 1. The summed E-state index contributed by atoms with van der Waals surface area (Å²) in [4.78, 5) is 50.4. The van der Waals surface area contributed by atoms with Gasteiger partial charge in [0, 0.05) is 26.4 Å². The molecule has 1 rings (SSSR count). The fraction of sp³-hybridized carbons (Fsp3) is 0.667. The Hall–Kier alpha value is -3.24. The predicted octanol–water partition coefficient (Wildman–Crippen LogP) is 5.97. The number of aliphatic hydroxyl groups is 1. The highest BCUT2D eigenvalue weighted by Gasteiger charge is 2.47. The normalized spacial score (nSPS) is 13.9. The van der Waals surface area contributed by atoms with E-state index in [1.807, 2.05) is 0 Å². The number of carboxylic acid groups (broad SMARTS) is 1. The molecule has 0 fully saturated rings. The molecular weight excluding hydrogens is 590 g/mol. The Kier molecular flexibility index (Phi) is 21.3. The van der Waals surface area contributed by atoms with E-state index in [-0.39, 0.29) is 6.42 Å². The molecule has 0 radical (unpaired) electrons. The highest BCUT2D eigenvalue weighted by molar-refractivity contribution is 5.93. The molecule has 0 aliphatic rings. The van der Waals surface area contributed by atoms with Crippen LogP contribution in [0.3, 0.4) is 0 Å². The summed E-state index contributed by atoms with van der Waals surface area (Å²) in [5.74, 6) is -3.71. The molecule has 3 atom stereocenters. The Balaban J connectivity index is 2.81. The van der Waals surface area contributed by atoms with Gasteiger partial charge in [-0.05, 0) is 49.8 Å². The second kappa shape index (κ2) is 24.0. The number of hydrogen-bond donors (Lipinski definition) is 3. The van der Waals surface area contributed by atoms with Gasteiger partial charge in [0.25, 0.3) is 0 Å². The Morgan fingerprint density at radius 2 is 1.48 bits per heavy atom. The molecule has 0 unspecified atom stereocenters. The third kappa shape index (κ3) is 15.9. The maximum absolute atomic E-state index is 13.5. The van der Waals surface area contributed by atoms with Crippen LogP contribution in [0.4, 0.5) is 0 Å². The predicted molar refractivity (Wildman–Crippen MR) is 178 cm³/mol. The van der Waals surface area contributed by atoms with Gasteiger partial charge >= 0.3 is 11.9 Å². The number of methoxy groups -OCH3 is 2. The molecule has 10 nitrogen and oxygen atoms in total. The van der Waals surface area contributed by atoms with E-state index in [0.717, 1.165) is 56.9 Å². The number of carbonyl (C=O) groups is 4. The number of carboxylic acids is 1. The van der Waals surface area contributed by atoms with Crippen molar-refractivity contribution in [1.29, 1.82) is 0 Å². The Bertz CT molecular complexity index is 1060. The van der Waals surface area contributed by atoms with Crippen LogP contribution < -0.4 is 10.1 Å². The van der Waals surface area contributed by atoms with Gasteiger partial charge in [0.1, 0.15) is 17.6 Å². The molecule has 1 aromatic carbocycles. The summed E-state index contributed by atoms with van der Waals surface area (Å²) in [6, 6.07) is 6.00. The van der Waals surface area contributed by atoms with Crippen LogP contribution >= 0.6 is 0 Å². The molecule has 260 valence electrons. The molecule has 3 N–H and O–H groups in total. The molecule has 0 aliphatic heterocycles. The highest BCUT2D eigenvalue weighted by atomic mass is 16.5. The minimum atomic E-state index is -2.57. The zero-order chi connectivity index (χ0) is 34.2. The minimum Gasteiger partial charge on any atom is -0.494 e. The van der Waals surface area contributed by atoms with E-state index in [2.05, 4.69) is 19.2 Å². The van der Waals surface area contributed by atoms with Crippen molar-refractivity contribution in [2.45, 2.75) is 122 Å². The number of hydrogen-bond acceptors (Lipinski definition) is 8. The number of benzene rings is 1. The molecular formula is C36H57NO9. The smallest absolute Gasteiger partial charge is 0.339 e. The first-order chi connectivity index (χ1) is 22.1. The van der Waals surface area contributed by atoms with Crippen molar-refractivity contribution in [3.8, 4) is 5.75 Å². The number of nitrogens with one attached hydrogen (secondary N) is 1. The molecule has 0 saturated heterocycles. The van der Waals surface area contributed by atoms with E-state index < -0.39 is 42.0 Å². The van der Waals surface area contributed by atoms with Crippen molar-refractivity contribution in [3.05, 3.63) is 42.0 Å². The lowest BCUT2D eigenvalue weighted by atomic mass is 9.86. The number of esters is 1. The number of Topliss-reactive ketones (excluding diaryl/α,β-unsaturated/α-hetero) is 1. The Morgan fingerprint density at radius 1 is 0.870 bits per heavy atom. The largest absolute Gasteiger partial charge is 0.494 e. The van der Waals surface area contributed by atoms with Crippen LogP contribution in [0.25, 0.3) is 0 Å². The number of carbonyl (C=O) groups excluding carboxylic acids is 3. The van der Waals surface area contributed by atoms with E-state index in [4.69, 9.17) is 14.2 Å². The van der Waals surface area contributed by atoms with Gasteiger partial charge in [-0.25, -0.2) is 9.59 Å². The minimum absolute atomic E-state index is 0.0845. The fourth-order valence-electron chi connectivity index (χ4n) is 5.08. The van der Waals surface area contributed by atoms with Gasteiger partial charge in [0.05, 0.1) is 26.2 Å². The van der Waals surface area contributed by atoms with Crippen LogP contribution in [0.1, 0.15) is 109 Å². The maximum Gasteiger partial charge on any atom is 0.339 e. The van der Waals surface area contributed by atoms with Crippen LogP contribution in [0.5, 0.6) is 5.75 Å². The molecule has 1 aromatic rings. The third-order valence-corrected chi connectivity index (χ3v) is 7.93. The van der Waals surface area contributed by atoms with Gasteiger partial charge in [0.15, 0.2) is 5.60 Å². The molecule has 0 aliphatic carbocycles. The number of unbranched alkanes of at least 4 members (excludes halogenated alkanes) is 9. The average Bonchev–Trinajstić information content (AvgIpc) is 3.04. The maximum atomic E-state index is 13.5. The van der Waals surface area contributed by atoms with Crippen molar-refractivity contribution in [2.75, 3.05) is 27.4 Å². The Labute approximate surface area is 275 Å². The molecule has 46 heavy (non-hydrogen) atoms. The number of allylic oxidation sites excluding steroid dienone is 1. The van der Waals surface area contributed by atoms with Gasteiger partial charge in [-0.1, -0.05) is 83.1 Å². The fourth-order valence-corrected chi connectivity index (χ4v) is 5.08. The number of rotatable bonds is 27. The summed E-state index contributed by atoms with van der Waals surface area (Å²) in [7, 11) is 2.43. The zero-order valence-electron chi connectivity index (χ0n) is 28.4. The molecule has 0 bridgehead atoms. The summed E-state index contributed by atoms with van der Waals surface area (Å²) < 4.78 is 15.6. The summed E-state index contributed by atoms with van der Waals surface area (Å²) >= 11 is 0. The topological polar surface area (TPSA) is 148 Å². The molecule has 10 heteroatoms. The van der Waals surface area contributed by atoms with Crippen molar-refractivity contribution >= 4 is 23.6 Å². The lowest BCUT2D eigenvalue weighted by molar-refractivity contribution is -0.173. The lowest BCUT2D eigenvalue weighted by Crippen LogP contribution is -2.56. The van der Waals surface area contributed by atoms with Crippen LogP contribution in [0.15, 0.2) is 36.4 Å². The monoisotopic (exact) mass is 647 g/mol. The van der Waals surface area contributed by atoms with Crippen LogP contribution in [-0.2, 0) is 35.1 Å². The molecule has 0 aromatic heterocycles. The summed E-state index contributed by atoms with van der Waals surface area (Å²) in [6.45, 7) is 4.20. The van der Waals surface area contributed by atoms with E-state index >= 15 is 0 Å². The van der Waals surface area contributed by atoms with Crippen LogP contribution in [0, 0.1) is 5.92 Å². The number of ether oxygens (including phenoxy) is 3. The van der Waals surface area contributed by atoms with Gasteiger partial charge in [-0.3, -0.25) is 9.59 Å². The standard InChI is InChI=1S/C36H57NO9/c1-5-7-9-12-15-18-29(38)19-16-13-10-11-14-17-20-31(36(43,27-44-3)35(41)42)33(39)37-32(34(40)45-4)26-28-21-23-30(24-22-28)46-25-8-6-2/h17,20-24,31-32,43H,5-16,18-19,25-27H2,1-4H3,(H,37,39)(H,41,42)/t31-,32+,36+/m1/s1. The Morgan fingerprint density at radius 3 is 2.04 bits per heavy atom. The van der Waals surface area contributed by atoms with E-state index in [1.54, 1.807) is 30.3 Å².